The first-order valence-corrected chi connectivity index (χ1v) is 5.38. The van der Waals surface area contributed by atoms with Gasteiger partial charge in [-0.15, -0.1) is 0 Å². The lowest BCUT2D eigenvalue weighted by atomic mass is 10.0. The quantitative estimate of drug-likeness (QED) is 0.679. The molecule has 0 amide bonds. The molecule has 1 nitrogen and oxygen atoms in total. The Kier molecular flexibility index (Phi) is 3.73. The van der Waals surface area contributed by atoms with Crippen LogP contribution in [0.1, 0.15) is 25.0 Å². The molecule has 15 heavy (non-hydrogen) atoms. The van der Waals surface area contributed by atoms with Crippen LogP contribution in [-0.4, -0.2) is 5.11 Å². The number of hydrogen-bond acceptors (Lipinski definition) is 1. The Morgan fingerprint density at radius 2 is 1.40 bits per heavy atom. The average Bonchev–Trinajstić information content (AvgIpc) is 2.29. The SMILES string of the molecule is CC.Cc1cc(C)c2ccccc2c1O. The highest BCUT2D eigenvalue weighted by atomic mass is 16.3. The van der Waals surface area contributed by atoms with Crippen LogP contribution in [0, 0.1) is 13.8 Å². The van der Waals surface area contributed by atoms with Crippen LogP contribution < -0.4 is 0 Å². The van der Waals surface area contributed by atoms with Crippen LogP contribution in [0.15, 0.2) is 30.3 Å². The van der Waals surface area contributed by atoms with Gasteiger partial charge in [0.25, 0.3) is 0 Å². The fraction of sp³-hybridized carbons (Fsp3) is 0.286. The molecule has 0 saturated carbocycles. The van der Waals surface area contributed by atoms with Crippen LogP contribution in [0.2, 0.25) is 0 Å². The molecule has 0 fully saturated rings. The van der Waals surface area contributed by atoms with Gasteiger partial charge in [0.1, 0.15) is 5.75 Å². The lowest BCUT2D eigenvalue weighted by molar-refractivity contribution is 0.477. The van der Waals surface area contributed by atoms with Gasteiger partial charge in [-0.05, 0) is 30.4 Å². The van der Waals surface area contributed by atoms with E-state index in [9.17, 15) is 5.11 Å². The third kappa shape index (κ3) is 2.12. The highest BCUT2D eigenvalue weighted by molar-refractivity contribution is 5.91. The lowest BCUT2D eigenvalue weighted by Crippen LogP contribution is -1.82. The molecule has 0 spiro atoms. The zero-order valence-corrected chi connectivity index (χ0v) is 9.83. The van der Waals surface area contributed by atoms with Gasteiger partial charge in [0.05, 0.1) is 0 Å². The van der Waals surface area contributed by atoms with Crippen molar-refractivity contribution in [2.24, 2.45) is 0 Å². The minimum Gasteiger partial charge on any atom is -0.507 e. The second-order valence-electron chi connectivity index (χ2n) is 3.40. The van der Waals surface area contributed by atoms with Gasteiger partial charge < -0.3 is 5.11 Å². The molecular weight excluding hydrogens is 184 g/mol. The number of hydrogen-bond donors (Lipinski definition) is 1. The predicted molar refractivity (Wildman–Crippen MR) is 66.4 cm³/mol. The number of fused-ring (bicyclic) bond motifs is 1. The molecule has 0 aliphatic carbocycles. The minimum atomic E-state index is 0.404. The monoisotopic (exact) mass is 202 g/mol. The summed E-state index contributed by atoms with van der Waals surface area (Å²) in [6.45, 7) is 7.99. The summed E-state index contributed by atoms with van der Waals surface area (Å²) in [4.78, 5) is 0. The predicted octanol–water partition coefficient (Wildman–Crippen LogP) is 4.19. The molecule has 1 heteroatoms. The molecule has 1 N–H and O–H groups in total. The van der Waals surface area contributed by atoms with Gasteiger partial charge in [0, 0.05) is 5.39 Å². The van der Waals surface area contributed by atoms with E-state index in [-0.39, 0.29) is 0 Å². The Balaban J connectivity index is 0.000000531. The second kappa shape index (κ2) is 4.83. The van der Waals surface area contributed by atoms with Crippen molar-refractivity contribution < 1.29 is 5.11 Å². The van der Waals surface area contributed by atoms with Crippen LogP contribution in [0.4, 0.5) is 0 Å². The van der Waals surface area contributed by atoms with Gasteiger partial charge in [-0.25, -0.2) is 0 Å². The normalized spacial score (nSPS) is 9.60. The molecule has 0 aliphatic rings. The third-order valence-electron chi connectivity index (χ3n) is 2.41. The van der Waals surface area contributed by atoms with Gasteiger partial charge in [-0.3, -0.25) is 0 Å². The van der Waals surface area contributed by atoms with Crippen LogP contribution in [0.3, 0.4) is 0 Å². The highest BCUT2D eigenvalue weighted by Gasteiger charge is 2.04. The molecular formula is C14H18O. The number of aromatic hydroxyl groups is 1. The van der Waals surface area contributed by atoms with Crippen molar-refractivity contribution in [1.29, 1.82) is 0 Å². The zero-order chi connectivity index (χ0) is 11.4. The van der Waals surface area contributed by atoms with E-state index in [4.69, 9.17) is 0 Å². The fourth-order valence-corrected chi connectivity index (χ4v) is 1.72. The molecule has 80 valence electrons. The summed E-state index contributed by atoms with van der Waals surface area (Å²) in [5, 5.41) is 11.9. The van der Waals surface area contributed by atoms with E-state index >= 15 is 0 Å². The first-order chi connectivity index (χ1) is 7.20. The topological polar surface area (TPSA) is 20.2 Å². The molecule has 0 bridgehead atoms. The summed E-state index contributed by atoms with van der Waals surface area (Å²) in [5.74, 6) is 0.404. The average molecular weight is 202 g/mol. The van der Waals surface area contributed by atoms with E-state index in [1.54, 1.807) is 0 Å². The van der Waals surface area contributed by atoms with Gasteiger partial charge in [0.15, 0.2) is 0 Å². The number of phenolic OH excluding ortho intramolecular Hbond substituents is 1. The van der Waals surface area contributed by atoms with Crippen LogP contribution in [0.25, 0.3) is 10.8 Å². The van der Waals surface area contributed by atoms with Crippen molar-refractivity contribution in [3.05, 3.63) is 41.5 Å². The Bertz CT molecular complexity index is 458. The van der Waals surface area contributed by atoms with Crippen molar-refractivity contribution in [2.75, 3.05) is 0 Å². The number of phenols is 1. The standard InChI is InChI=1S/C12H12O.C2H6/c1-8-7-9(2)12(13)11-6-4-3-5-10(8)11;1-2/h3-7,13H,1-2H3;1-2H3. The summed E-state index contributed by atoms with van der Waals surface area (Å²) >= 11 is 0. The summed E-state index contributed by atoms with van der Waals surface area (Å²) in [7, 11) is 0. The van der Waals surface area contributed by atoms with E-state index in [0.717, 1.165) is 16.3 Å². The van der Waals surface area contributed by atoms with E-state index in [1.807, 2.05) is 51.1 Å². The van der Waals surface area contributed by atoms with Crippen molar-refractivity contribution in [2.45, 2.75) is 27.7 Å². The molecule has 0 aromatic heterocycles. The highest BCUT2D eigenvalue weighted by Crippen LogP contribution is 2.30. The summed E-state index contributed by atoms with van der Waals surface area (Å²) in [5.41, 5.74) is 2.15. The molecule has 0 atom stereocenters. The summed E-state index contributed by atoms with van der Waals surface area (Å²) in [6, 6.07) is 9.93. The maximum Gasteiger partial charge on any atom is 0.126 e. The maximum absolute atomic E-state index is 9.78. The van der Waals surface area contributed by atoms with Crippen LogP contribution in [0.5, 0.6) is 5.75 Å². The largest absolute Gasteiger partial charge is 0.507 e. The van der Waals surface area contributed by atoms with Crippen molar-refractivity contribution >= 4 is 10.8 Å². The van der Waals surface area contributed by atoms with Crippen molar-refractivity contribution in [3.8, 4) is 5.75 Å². The maximum atomic E-state index is 9.78. The molecule has 0 radical (unpaired) electrons. The molecule has 0 aliphatic heterocycles. The van der Waals surface area contributed by atoms with E-state index < -0.39 is 0 Å². The molecule has 0 heterocycles. The Labute approximate surface area is 91.4 Å². The Morgan fingerprint density at radius 1 is 0.867 bits per heavy atom. The van der Waals surface area contributed by atoms with E-state index in [0.29, 0.717) is 5.75 Å². The smallest absolute Gasteiger partial charge is 0.126 e. The van der Waals surface area contributed by atoms with Gasteiger partial charge in [0.2, 0.25) is 0 Å². The van der Waals surface area contributed by atoms with Gasteiger partial charge in [-0.2, -0.15) is 0 Å². The molecule has 0 saturated heterocycles. The summed E-state index contributed by atoms with van der Waals surface area (Å²) in [6.07, 6.45) is 0. The Hall–Kier alpha value is -1.50. The van der Waals surface area contributed by atoms with Crippen molar-refractivity contribution in [3.63, 3.8) is 0 Å². The second-order valence-corrected chi connectivity index (χ2v) is 3.40. The summed E-state index contributed by atoms with van der Waals surface area (Å²) < 4.78 is 0. The van der Waals surface area contributed by atoms with Crippen LogP contribution >= 0.6 is 0 Å². The van der Waals surface area contributed by atoms with E-state index in [2.05, 4.69) is 6.92 Å². The van der Waals surface area contributed by atoms with Crippen LogP contribution in [-0.2, 0) is 0 Å². The first kappa shape index (κ1) is 11.6. The number of aryl methyl sites for hydroxylation is 2. The molecule has 2 rings (SSSR count). The van der Waals surface area contributed by atoms with Gasteiger partial charge >= 0.3 is 0 Å². The molecule has 0 unspecified atom stereocenters. The fourth-order valence-electron chi connectivity index (χ4n) is 1.72. The minimum absolute atomic E-state index is 0.404. The Morgan fingerprint density at radius 3 is 2.00 bits per heavy atom. The number of benzene rings is 2. The van der Waals surface area contributed by atoms with E-state index in [1.165, 1.54) is 5.56 Å². The van der Waals surface area contributed by atoms with Crippen molar-refractivity contribution in [1.82, 2.24) is 0 Å². The molecule has 2 aromatic rings. The third-order valence-corrected chi connectivity index (χ3v) is 2.41. The lowest BCUT2D eigenvalue weighted by Gasteiger charge is -2.06. The number of rotatable bonds is 0. The zero-order valence-electron chi connectivity index (χ0n) is 9.83. The van der Waals surface area contributed by atoms with Gasteiger partial charge in [-0.1, -0.05) is 44.2 Å². The first-order valence-electron chi connectivity index (χ1n) is 5.38. The molecule has 2 aromatic carbocycles.